The fourth-order valence-electron chi connectivity index (χ4n) is 2.73. The maximum absolute atomic E-state index is 12.6. The van der Waals surface area contributed by atoms with Gasteiger partial charge in [0.1, 0.15) is 6.54 Å². The van der Waals surface area contributed by atoms with Crippen LogP contribution in [-0.2, 0) is 9.59 Å². The predicted octanol–water partition coefficient (Wildman–Crippen LogP) is 5.06. The molecule has 0 bridgehead atoms. The smallest absolute Gasteiger partial charge is 0.269 e. The summed E-state index contributed by atoms with van der Waals surface area (Å²) >= 11 is 6.02. The van der Waals surface area contributed by atoms with E-state index in [9.17, 15) is 19.7 Å². The van der Waals surface area contributed by atoms with Crippen LogP contribution in [-0.4, -0.2) is 23.3 Å². The highest BCUT2D eigenvalue weighted by atomic mass is 35.5. The van der Waals surface area contributed by atoms with Crippen LogP contribution < -0.4 is 4.90 Å². The van der Waals surface area contributed by atoms with Gasteiger partial charge in [-0.05, 0) is 47.2 Å². The minimum atomic E-state index is -0.551. The number of carbonyl (C=O) groups excluding carboxylic acids is 2. The lowest BCUT2D eigenvalue weighted by Gasteiger charge is -2.18. The minimum Gasteiger partial charge on any atom is -0.274 e. The Kier molecular flexibility index (Phi) is 5.94. The van der Waals surface area contributed by atoms with Crippen LogP contribution in [0.2, 0.25) is 5.02 Å². The molecule has 0 aromatic heterocycles. The number of benzene rings is 3. The first-order valence-corrected chi connectivity index (χ1v) is 8.88. The molecule has 0 saturated heterocycles. The second-order valence-electron chi connectivity index (χ2n) is 6.10. The maximum atomic E-state index is 12.6. The Hall–Kier alpha value is -3.65. The Morgan fingerprint density at radius 3 is 2.38 bits per heavy atom. The molecule has 0 unspecified atom stereocenters. The third-order valence-electron chi connectivity index (χ3n) is 4.06. The number of carbonyl (C=O) groups is 2. The topological polar surface area (TPSA) is 105 Å². The van der Waals surface area contributed by atoms with Crippen molar-refractivity contribution >= 4 is 51.2 Å². The molecule has 0 N–H and O–H groups in total. The fraction of sp³-hybridized carbons (Fsp3) is 0.100. The Labute approximate surface area is 170 Å². The van der Waals surface area contributed by atoms with E-state index in [2.05, 4.69) is 10.2 Å². The summed E-state index contributed by atoms with van der Waals surface area (Å²) in [6.45, 7) is 0.928. The molecule has 9 heteroatoms. The molecule has 8 nitrogen and oxygen atoms in total. The largest absolute Gasteiger partial charge is 0.274 e. The lowest BCUT2D eigenvalue weighted by Crippen LogP contribution is -2.36. The summed E-state index contributed by atoms with van der Waals surface area (Å²) in [6.07, 6.45) is 0. The van der Waals surface area contributed by atoms with E-state index in [0.717, 1.165) is 15.7 Å². The first-order chi connectivity index (χ1) is 13.8. The summed E-state index contributed by atoms with van der Waals surface area (Å²) in [7, 11) is 0. The number of amides is 2. The highest BCUT2D eigenvalue weighted by molar-refractivity contribution is 6.31. The highest BCUT2D eigenvalue weighted by Gasteiger charge is 2.20. The van der Waals surface area contributed by atoms with E-state index in [1.807, 2.05) is 6.07 Å². The van der Waals surface area contributed by atoms with Crippen LogP contribution in [0.3, 0.4) is 0 Å². The van der Waals surface area contributed by atoms with Gasteiger partial charge < -0.3 is 0 Å². The zero-order valence-electron chi connectivity index (χ0n) is 15.3. The van der Waals surface area contributed by atoms with Gasteiger partial charge in [-0.3, -0.25) is 19.7 Å². The summed E-state index contributed by atoms with van der Waals surface area (Å²) in [6, 6.07) is 15.9. The van der Waals surface area contributed by atoms with E-state index >= 15 is 0 Å². The SMILES string of the molecule is CC(=O)N(C(=O)CN=Nc1ccc([N+](=O)[O-])cc1)c1ccc2ccc(Cl)cc2c1. The molecule has 0 atom stereocenters. The average Bonchev–Trinajstić information content (AvgIpc) is 2.68. The van der Waals surface area contributed by atoms with Gasteiger partial charge in [0.05, 0.1) is 16.3 Å². The maximum Gasteiger partial charge on any atom is 0.269 e. The number of hydrogen-bond donors (Lipinski definition) is 0. The third kappa shape index (κ3) is 4.80. The second-order valence-corrected chi connectivity index (χ2v) is 6.53. The van der Waals surface area contributed by atoms with Crippen LogP contribution in [0.5, 0.6) is 0 Å². The number of nitrogens with zero attached hydrogens (tertiary/aromatic N) is 4. The highest BCUT2D eigenvalue weighted by Crippen LogP contribution is 2.25. The number of imide groups is 1. The number of nitro benzene ring substituents is 1. The molecule has 3 rings (SSSR count). The predicted molar refractivity (Wildman–Crippen MR) is 110 cm³/mol. The summed E-state index contributed by atoms with van der Waals surface area (Å²) in [5.74, 6) is -1.01. The Bertz CT molecular complexity index is 1130. The summed E-state index contributed by atoms with van der Waals surface area (Å²) in [4.78, 5) is 35.8. The number of anilines is 1. The molecular formula is C20H15ClN4O4. The molecule has 0 saturated carbocycles. The molecule has 146 valence electrons. The van der Waals surface area contributed by atoms with Crippen molar-refractivity contribution in [1.82, 2.24) is 0 Å². The van der Waals surface area contributed by atoms with E-state index in [4.69, 9.17) is 11.6 Å². The summed E-state index contributed by atoms with van der Waals surface area (Å²) < 4.78 is 0. The number of fused-ring (bicyclic) bond motifs is 1. The van der Waals surface area contributed by atoms with Gasteiger partial charge in [-0.15, -0.1) is 0 Å². The van der Waals surface area contributed by atoms with Gasteiger partial charge in [-0.25, -0.2) is 4.90 Å². The summed E-state index contributed by atoms with van der Waals surface area (Å²) in [5, 5.41) is 20.6. The van der Waals surface area contributed by atoms with Crippen LogP contribution in [0.25, 0.3) is 10.8 Å². The van der Waals surface area contributed by atoms with Gasteiger partial charge in [0.15, 0.2) is 0 Å². The van der Waals surface area contributed by atoms with Gasteiger partial charge in [0.2, 0.25) is 5.91 Å². The lowest BCUT2D eigenvalue weighted by molar-refractivity contribution is -0.384. The molecule has 3 aromatic carbocycles. The molecule has 0 heterocycles. The number of azo groups is 1. The first kappa shape index (κ1) is 20.1. The Balaban J connectivity index is 1.77. The summed E-state index contributed by atoms with van der Waals surface area (Å²) in [5.41, 5.74) is 0.695. The molecule has 29 heavy (non-hydrogen) atoms. The van der Waals surface area contributed by atoms with Gasteiger partial charge in [0.25, 0.3) is 11.6 Å². The second kappa shape index (κ2) is 8.57. The van der Waals surface area contributed by atoms with E-state index in [1.54, 1.807) is 30.3 Å². The Morgan fingerprint density at radius 1 is 1.03 bits per heavy atom. The molecule has 3 aromatic rings. The molecule has 0 radical (unpaired) electrons. The van der Waals surface area contributed by atoms with Crippen molar-refractivity contribution in [2.45, 2.75) is 6.92 Å². The van der Waals surface area contributed by atoms with Crippen molar-refractivity contribution in [1.29, 1.82) is 0 Å². The number of halogens is 1. The quantitative estimate of drug-likeness (QED) is 0.332. The van der Waals surface area contributed by atoms with Crippen LogP contribution in [0.15, 0.2) is 70.9 Å². The van der Waals surface area contributed by atoms with Crippen molar-refractivity contribution in [2.75, 3.05) is 11.4 Å². The van der Waals surface area contributed by atoms with Crippen LogP contribution in [0, 0.1) is 10.1 Å². The molecule has 0 aliphatic heterocycles. The normalized spacial score (nSPS) is 11.0. The van der Waals surface area contributed by atoms with Crippen LogP contribution in [0.4, 0.5) is 17.1 Å². The van der Waals surface area contributed by atoms with Crippen molar-refractivity contribution in [3.05, 3.63) is 75.8 Å². The van der Waals surface area contributed by atoms with E-state index in [1.165, 1.54) is 31.2 Å². The van der Waals surface area contributed by atoms with Crippen molar-refractivity contribution in [2.24, 2.45) is 10.2 Å². The van der Waals surface area contributed by atoms with E-state index in [-0.39, 0.29) is 12.2 Å². The van der Waals surface area contributed by atoms with E-state index in [0.29, 0.717) is 16.4 Å². The zero-order chi connectivity index (χ0) is 21.0. The van der Waals surface area contributed by atoms with Gasteiger partial charge in [-0.1, -0.05) is 23.7 Å². The zero-order valence-corrected chi connectivity index (χ0v) is 16.0. The standard InChI is InChI=1S/C20H15ClN4O4/c1-13(26)24(19-7-3-14-2-4-16(21)10-15(14)11-19)20(27)12-22-23-17-5-8-18(9-6-17)25(28)29/h2-11H,12H2,1H3. The molecule has 0 aliphatic rings. The van der Waals surface area contributed by atoms with Gasteiger partial charge in [-0.2, -0.15) is 10.2 Å². The molecule has 2 amide bonds. The Morgan fingerprint density at radius 2 is 1.72 bits per heavy atom. The van der Waals surface area contributed by atoms with Gasteiger partial charge in [0, 0.05) is 24.1 Å². The number of nitro groups is 1. The third-order valence-corrected chi connectivity index (χ3v) is 4.30. The lowest BCUT2D eigenvalue weighted by atomic mass is 10.1. The minimum absolute atomic E-state index is 0.0702. The monoisotopic (exact) mass is 410 g/mol. The number of rotatable bonds is 5. The van der Waals surface area contributed by atoms with E-state index < -0.39 is 16.7 Å². The average molecular weight is 411 g/mol. The first-order valence-electron chi connectivity index (χ1n) is 8.50. The van der Waals surface area contributed by atoms with Crippen molar-refractivity contribution in [3.8, 4) is 0 Å². The molecule has 0 spiro atoms. The molecule has 0 aliphatic carbocycles. The van der Waals surface area contributed by atoms with Crippen LogP contribution in [0.1, 0.15) is 6.92 Å². The van der Waals surface area contributed by atoms with Gasteiger partial charge >= 0.3 is 0 Å². The van der Waals surface area contributed by atoms with Crippen LogP contribution >= 0.6 is 11.6 Å². The van der Waals surface area contributed by atoms with Crippen molar-refractivity contribution < 1.29 is 14.5 Å². The fourth-order valence-corrected chi connectivity index (χ4v) is 2.92. The van der Waals surface area contributed by atoms with Crippen molar-refractivity contribution in [3.63, 3.8) is 0 Å². The number of non-ortho nitro benzene ring substituents is 1. The number of hydrogen-bond acceptors (Lipinski definition) is 6. The molecular weight excluding hydrogens is 396 g/mol. The molecule has 0 fully saturated rings.